The van der Waals surface area contributed by atoms with Crippen LogP contribution in [0.5, 0.6) is 17.2 Å². The van der Waals surface area contributed by atoms with E-state index in [1.54, 1.807) is 0 Å². The molecular weight excluding hydrogens is 513 g/mol. The number of nitrogens with zero attached hydrogens (tertiary/aromatic N) is 1. The van der Waals surface area contributed by atoms with Crippen LogP contribution in [0, 0.1) is 11.8 Å². The maximum atomic E-state index is 6.87. The second-order valence-corrected chi connectivity index (χ2v) is 13.5. The van der Waals surface area contributed by atoms with E-state index in [9.17, 15) is 0 Å². The normalized spacial score (nSPS) is 20.6. The second kappa shape index (κ2) is 10.4. The van der Waals surface area contributed by atoms with E-state index in [0.717, 1.165) is 60.0 Å². The molecule has 3 heterocycles. The zero-order chi connectivity index (χ0) is 29.0. The Kier molecular flexibility index (Phi) is 6.68. The highest BCUT2D eigenvalue weighted by atomic mass is 16.5. The topological polar surface area (TPSA) is 21.7 Å². The number of allylic oxidation sites excluding steroid dienone is 7. The van der Waals surface area contributed by atoms with Gasteiger partial charge < -0.3 is 14.4 Å². The van der Waals surface area contributed by atoms with Gasteiger partial charge in [0.25, 0.3) is 6.71 Å². The van der Waals surface area contributed by atoms with Crippen molar-refractivity contribution >= 4 is 29.0 Å². The molecule has 3 nitrogen and oxygen atoms in total. The van der Waals surface area contributed by atoms with Gasteiger partial charge in [0, 0.05) is 41.9 Å². The van der Waals surface area contributed by atoms with Crippen LogP contribution in [0.25, 0.3) is 0 Å². The molecule has 0 radical (unpaired) electrons. The molecule has 0 fully saturated rings. The summed E-state index contributed by atoms with van der Waals surface area (Å²) in [5.74, 6) is 4.93. The zero-order valence-corrected chi connectivity index (χ0v) is 25.5. The minimum Gasteiger partial charge on any atom is -0.463 e. The number of benzene rings is 3. The van der Waals surface area contributed by atoms with Crippen LogP contribution in [0.3, 0.4) is 0 Å². The van der Waals surface area contributed by atoms with E-state index < -0.39 is 0 Å². The standard InChI is InChI=1S/C38H40BNO2/c1-25(2)27-16-18-30-33(21-27)41-35-23-29(40-20-12-8-6-7-9-13-26-14-10-11-15-32(26)40)24-36-37(35)39(30)31-19-17-28(38(3,4)5)22-34(31)42-36/h6-8,10-12,14-19,22-25,27H,9,13,20-21H2,1-5H3/b7-6-,12-8-. The van der Waals surface area contributed by atoms with Crippen molar-refractivity contribution in [3.8, 4) is 17.2 Å². The SMILES string of the molecule is CC(C)C1C=CC2=C(C1)Oc1cc(N3C/C=C\C=C/CCc4ccccc43)cc3c1B2c1ccc(C(C)(C)C)cc1O3. The van der Waals surface area contributed by atoms with Crippen LogP contribution in [-0.2, 0) is 11.8 Å². The van der Waals surface area contributed by atoms with E-state index in [1.165, 1.54) is 27.7 Å². The molecule has 1 unspecified atom stereocenters. The maximum absolute atomic E-state index is 6.87. The third-order valence-electron chi connectivity index (χ3n) is 9.30. The quantitative estimate of drug-likeness (QED) is 0.298. The maximum Gasteiger partial charge on any atom is 0.260 e. The first-order valence-electron chi connectivity index (χ1n) is 15.5. The Balaban J connectivity index is 1.40. The summed E-state index contributed by atoms with van der Waals surface area (Å²) < 4.78 is 13.7. The fourth-order valence-corrected chi connectivity index (χ4v) is 6.78. The van der Waals surface area contributed by atoms with Gasteiger partial charge >= 0.3 is 0 Å². The average molecular weight is 554 g/mol. The highest BCUT2D eigenvalue weighted by Gasteiger charge is 2.43. The molecule has 4 aliphatic rings. The van der Waals surface area contributed by atoms with Crippen molar-refractivity contribution in [2.24, 2.45) is 11.8 Å². The highest BCUT2D eigenvalue weighted by molar-refractivity contribution is 6.93. The van der Waals surface area contributed by atoms with Gasteiger partial charge in [0.2, 0.25) is 0 Å². The molecule has 3 aromatic rings. The van der Waals surface area contributed by atoms with Crippen LogP contribution < -0.4 is 25.3 Å². The molecule has 3 aliphatic heterocycles. The Morgan fingerprint density at radius 3 is 2.50 bits per heavy atom. The summed E-state index contributed by atoms with van der Waals surface area (Å²) in [6.07, 6.45) is 16.5. The lowest BCUT2D eigenvalue weighted by Gasteiger charge is -2.38. The Morgan fingerprint density at radius 1 is 0.905 bits per heavy atom. The zero-order valence-electron chi connectivity index (χ0n) is 25.5. The van der Waals surface area contributed by atoms with Gasteiger partial charge in [-0.3, -0.25) is 0 Å². The number of anilines is 2. The summed E-state index contributed by atoms with van der Waals surface area (Å²) in [7, 11) is 0. The van der Waals surface area contributed by atoms with Crippen LogP contribution in [0.15, 0.2) is 102 Å². The van der Waals surface area contributed by atoms with E-state index in [1.807, 2.05) is 0 Å². The van der Waals surface area contributed by atoms with Crippen molar-refractivity contribution in [2.75, 3.05) is 11.4 Å². The lowest BCUT2D eigenvalue weighted by atomic mass is 9.33. The molecule has 0 saturated heterocycles. The van der Waals surface area contributed by atoms with Crippen molar-refractivity contribution in [1.29, 1.82) is 0 Å². The molecule has 4 heteroatoms. The molecular formula is C38H40BNO2. The molecule has 0 saturated carbocycles. The van der Waals surface area contributed by atoms with Gasteiger partial charge in [-0.05, 0) is 64.3 Å². The summed E-state index contributed by atoms with van der Waals surface area (Å²) in [5.41, 5.74) is 8.66. The first kappa shape index (κ1) is 27.0. The van der Waals surface area contributed by atoms with Crippen molar-refractivity contribution in [3.63, 3.8) is 0 Å². The van der Waals surface area contributed by atoms with Gasteiger partial charge in [0.1, 0.15) is 17.2 Å². The van der Waals surface area contributed by atoms with Crippen molar-refractivity contribution < 1.29 is 9.47 Å². The fraction of sp³-hybridized carbons (Fsp3) is 0.316. The van der Waals surface area contributed by atoms with E-state index in [4.69, 9.17) is 9.47 Å². The first-order chi connectivity index (χ1) is 20.3. The summed E-state index contributed by atoms with van der Waals surface area (Å²) in [6, 6.07) is 20.1. The molecule has 7 rings (SSSR count). The number of para-hydroxylation sites is 1. The number of hydrogen-bond donors (Lipinski definition) is 0. The van der Waals surface area contributed by atoms with Gasteiger partial charge in [-0.25, -0.2) is 0 Å². The number of hydrogen-bond acceptors (Lipinski definition) is 3. The molecule has 212 valence electrons. The van der Waals surface area contributed by atoms with Crippen molar-refractivity contribution in [2.45, 2.75) is 59.3 Å². The molecule has 0 spiro atoms. The molecule has 0 bridgehead atoms. The predicted molar refractivity (Wildman–Crippen MR) is 176 cm³/mol. The molecule has 42 heavy (non-hydrogen) atoms. The van der Waals surface area contributed by atoms with Gasteiger partial charge in [0.05, 0.1) is 5.76 Å². The highest BCUT2D eigenvalue weighted by Crippen LogP contribution is 2.44. The van der Waals surface area contributed by atoms with E-state index in [2.05, 4.69) is 131 Å². The second-order valence-electron chi connectivity index (χ2n) is 13.5. The Hall–Kier alpha value is -3.92. The number of aryl methyl sites for hydroxylation is 1. The molecule has 1 atom stereocenters. The molecule has 3 aromatic carbocycles. The summed E-state index contributed by atoms with van der Waals surface area (Å²) in [6.45, 7) is 12.3. The smallest absolute Gasteiger partial charge is 0.260 e. The van der Waals surface area contributed by atoms with Crippen molar-refractivity contribution in [3.05, 3.63) is 113 Å². The summed E-state index contributed by atoms with van der Waals surface area (Å²) in [5, 5.41) is 0. The first-order valence-corrected chi connectivity index (χ1v) is 15.5. The van der Waals surface area contributed by atoms with Gasteiger partial charge in [0.15, 0.2) is 0 Å². The van der Waals surface area contributed by atoms with Crippen LogP contribution in [0.1, 0.15) is 58.6 Å². The molecule has 0 amide bonds. The molecule has 0 N–H and O–H groups in total. The Labute approximate surface area is 251 Å². The third-order valence-corrected chi connectivity index (χ3v) is 9.30. The third kappa shape index (κ3) is 4.71. The summed E-state index contributed by atoms with van der Waals surface area (Å²) in [4.78, 5) is 2.41. The van der Waals surface area contributed by atoms with E-state index in [0.29, 0.717) is 11.8 Å². The average Bonchev–Trinajstić information content (AvgIpc) is 2.97. The van der Waals surface area contributed by atoms with Crippen LogP contribution in [0.4, 0.5) is 11.4 Å². The lowest BCUT2D eigenvalue weighted by molar-refractivity contribution is 0.343. The lowest BCUT2D eigenvalue weighted by Crippen LogP contribution is -2.51. The Bertz CT molecular complexity index is 1670. The summed E-state index contributed by atoms with van der Waals surface area (Å²) >= 11 is 0. The number of fused-ring (bicyclic) bond motifs is 4. The van der Waals surface area contributed by atoms with Gasteiger partial charge in [-0.1, -0.05) is 101 Å². The van der Waals surface area contributed by atoms with E-state index in [-0.39, 0.29) is 12.1 Å². The van der Waals surface area contributed by atoms with Gasteiger partial charge in [-0.2, -0.15) is 0 Å². The molecule has 0 aromatic heterocycles. The predicted octanol–water partition coefficient (Wildman–Crippen LogP) is 8.31. The van der Waals surface area contributed by atoms with Crippen molar-refractivity contribution in [1.82, 2.24) is 0 Å². The van der Waals surface area contributed by atoms with Gasteiger partial charge in [-0.15, -0.1) is 0 Å². The largest absolute Gasteiger partial charge is 0.463 e. The minimum absolute atomic E-state index is 0.0350. The van der Waals surface area contributed by atoms with Crippen LogP contribution >= 0.6 is 0 Å². The minimum atomic E-state index is 0.0350. The van der Waals surface area contributed by atoms with Crippen LogP contribution in [0.2, 0.25) is 0 Å². The van der Waals surface area contributed by atoms with Crippen LogP contribution in [-0.4, -0.2) is 13.3 Å². The monoisotopic (exact) mass is 553 g/mol. The van der Waals surface area contributed by atoms with E-state index >= 15 is 0 Å². The Morgan fingerprint density at radius 2 is 1.69 bits per heavy atom. The fourth-order valence-electron chi connectivity index (χ4n) is 6.78. The molecule has 1 aliphatic carbocycles. The number of rotatable bonds is 2. The number of ether oxygens (including phenoxy) is 2.